The average Bonchev–Trinajstić information content (AvgIpc) is 2.54. The number of nitrogens with zero attached hydrogens (tertiary/aromatic N) is 2. The van der Waals surface area contributed by atoms with E-state index in [9.17, 15) is 0 Å². The highest BCUT2D eigenvalue weighted by molar-refractivity contribution is 14.0. The van der Waals surface area contributed by atoms with Crippen LogP contribution in [0.5, 0.6) is 11.5 Å². The Bertz CT molecular complexity index is 512. The smallest absolute Gasteiger partial charge is 0.188 e. The predicted octanol–water partition coefficient (Wildman–Crippen LogP) is 1.48. The molecule has 0 spiro atoms. The molecule has 0 fully saturated rings. The molecule has 0 saturated carbocycles. The third kappa shape index (κ3) is 7.10. The van der Waals surface area contributed by atoms with E-state index in [1.54, 1.807) is 21.3 Å². The first-order valence-electron chi connectivity index (χ1n) is 7.44. The summed E-state index contributed by atoms with van der Waals surface area (Å²) in [6, 6.07) is 5.95. The van der Waals surface area contributed by atoms with E-state index in [1.165, 1.54) is 0 Å². The number of rotatable bonds is 9. The molecule has 0 bridgehead atoms. The quantitative estimate of drug-likeness (QED) is 0.256. The first kappa shape index (κ1) is 22.7. The van der Waals surface area contributed by atoms with Crippen molar-refractivity contribution in [1.29, 1.82) is 0 Å². The number of nitrogens with one attached hydrogen (secondary N) is 1. The molecular weight excluding hydrogens is 423 g/mol. The minimum absolute atomic E-state index is 0. The number of likely N-dealkylation sites (N-methyl/N-ethyl adjacent to an activating group) is 1. The molecule has 0 aliphatic carbocycles. The van der Waals surface area contributed by atoms with Gasteiger partial charge in [-0.3, -0.25) is 4.99 Å². The van der Waals surface area contributed by atoms with Gasteiger partial charge in [0, 0.05) is 13.7 Å². The molecule has 0 amide bonds. The number of methoxy groups -OCH3 is 3. The van der Waals surface area contributed by atoms with Gasteiger partial charge in [0.15, 0.2) is 17.5 Å². The molecule has 1 rings (SSSR count). The predicted molar refractivity (Wildman–Crippen MR) is 108 cm³/mol. The minimum atomic E-state index is 0. The molecule has 0 aliphatic rings. The van der Waals surface area contributed by atoms with Crippen LogP contribution < -0.4 is 20.5 Å². The van der Waals surface area contributed by atoms with Crippen molar-refractivity contribution in [3.63, 3.8) is 0 Å². The summed E-state index contributed by atoms with van der Waals surface area (Å²) in [5.74, 6) is 1.82. The van der Waals surface area contributed by atoms with E-state index in [-0.39, 0.29) is 30.0 Å². The molecule has 1 aromatic rings. The molecule has 1 unspecified atom stereocenters. The summed E-state index contributed by atoms with van der Waals surface area (Å²) in [4.78, 5) is 6.50. The van der Waals surface area contributed by atoms with Crippen molar-refractivity contribution >= 4 is 29.9 Å². The zero-order chi connectivity index (χ0) is 17.2. The summed E-state index contributed by atoms with van der Waals surface area (Å²) >= 11 is 0. The van der Waals surface area contributed by atoms with Crippen LogP contribution in [0, 0.1) is 0 Å². The molecular formula is C16H29IN4O3. The van der Waals surface area contributed by atoms with Crippen LogP contribution >= 0.6 is 24.0 Å². The van der Waals surface area contributed by atoms with Crippen LogP contribution in [0.2, 0.25) is 0 Å². The number of nitrogens with two attached hydrogens (primary N) is 1. The van der Waals surface area contributed by atoms with Crippen molar-refractivity contribution in [2.75, 3.05) is 55.1 Å². The number of aliphatic imine (C=N–C) groups is 1. The summed E-state index contributed by atoms with van der Waals surface area (Å²) in [7, 11) is 8.91. The van der Waals surface area contributed by atoms with E-state index >= 15 is 0 Å². The van der Waals surface area contributed by atoms with E-state index in [0.29, 0.717) is 37.2 Å². The van der Waals surface area contributed by atoms with Crippen LogP contribution in [0.4, 0.5) is 0 Å². The molecule has 24 heavy (non-hydrogen) atoms. The standard InChI is InChI=1S/C16H28N4O3.HI/c1-20(2)13(11-19-16(17)18-8-9-21-3)12-6-7-14(22-4)15(10-12)23-5;/h6-7,10,13H,8-9,11H2,1-5H3,(H3,17,18,19);1H. The van der Waals surface area contributed by atoms with Gasteiger partial charge in [-0.15, -0.1) is 24.0 Å². The molecule has 1 atom stereocenters. The summed E-state index contributed by atoms with van der Waals surface area (Å²) in [6.45, 7) is 1.76. The van der Waals surface area contributed by atoms with Gasteiger partial charge in [0.1, 0.15) is 0 Å². The summed E-state index contributed by atoms with van der Waals surface area (Å²) in [5.41, 5.74) is 6.95. The fourth-order valence-electron chi connectivity index (χ4n) is 2.15. The SMILES string of the molecule is COCCNC(N)=NCC(c1ccc(OC)c(OC)c1)N(C)C.I. The van der Waals surface area contributed by atoms with E-state index < -0.39 is 0 Å². The lowest BCUT2D eigenvalue weighted by atomic mass is 10.1. The molecule has 0 radical (unpaired) electrons. The highest BCUT2D eigenvalue weighted by Crippen LogP contribution is 2.31. The van der Waals surface area contributed by atoms with E-state index in [1.807, 2.05) is 32.3 Å². The van der Waals surface area contributed by atoms with Crippen molar-refractivity contribution in [3.8, 4) is 11.5 Å². The normalized spacial score (nSPS) is 12.5. The van der Waals surface area contributed by atoms with E-state index in [4.69, 9.17) is 19.9 Å². The molecule has 7 nitrogen and oxygen atoms in total. The Morgan fingerprint density at radius 2 is 1.88 bits per heavy atom. The highest BCUT2D eigenvalue weighted by atomic mass is 127. The van der Waals surface area contributed by atoms with Gasteiger partial charge in [-0.1, -0.05) is 6.07 Å². The van der Waals surface area contributed by atoms with Gasteiger partial charge >= 0.3 is 0 Å². The van der Waals surface area contributed by atoms with Crippen LogP contribution in [0.15, 0.2) is 23.2 Å². The largest absolute Gasteiger partial charge is 0.493 e. The second-order valence-electron chi connectivity index (χ2n) is 5.24. The van der Waals surface area contributed by atoms with Crippen molar-refractivity contribution in [2.45, 2.75) is 6.04 Å². The van der Waals surface area contributed by atoms with Crippen LogP contribution in [0.25, 0.3) is 0 Å². The first-order chi connectivity index (χ1) is 11.0. The Labute approximate surface area is 161 Å². The molecule has 1 aromatic carbocycles. The first-order valence-corrected chi connectivity index (χ1v) is 7.44. The average molecular weight is 452 g/mol. The molecule has 0 aromatic heterocycles. The van der Waals surface area contributed by atoms with Gasteiger partial charge in [0.2, 0.25) is 0 Å². The van der Waals surface area contributed by atoms with Gasteiger partial charge in [-0.25, -0.2) is 0 Å². The van der Waals surface area contributed by atoms with Crippen molar-refractivity contribution in [2.24, 2.45) is 10.7 Å². The number of benzene rings is 1. The number of hydrogen-bond donors (Lipinski definition) is 2. The molecule has 138 valence electrons. The van der Waals surface area contributed by atoms with Crippen molar-refractivity contribution in [1.82, 2.24) is 10.2 Å². The zero-order valence-electron chi connectivity index (χ0n) is 15.0. The molecule has 0 aliphatic heterocycles. The summed E-state index contributed by atoms with van der Waals surface area (Å²) < 4.78 is 15.6. The van der Waals surface area contributed by atoms with Crippen LogP contribution in [0.1, 0.15) is 11.6 Å². The lowest BCUT2D eigenvalue weighted by Crippen LogP contribution is -2.35. The van der Waals surface area contributed by atoms with Crippen LogP contribution in [-0.2, 0) is 4.74 Å². The lowest BCUT2D eigenvalue weighted by molar-refractivity contribution is 0.204. The zero-order valence-corrected chi connectivity index (χ0v) is 17.4. The molecule has 0 saturated heterocycles. The van der Waals surface area contributed by atoms with Gasteiger partial charge < -0.3 is 30.2 Å². The Morgan fingerprint density at radius 1 is 1.21 bits per heavy atom. The number of guanidine groups is 1. The van der Waals surface area contributed by atoms with Gasteiger partial charge in [0.25, 0.3) is 0 Å². The number of ether oxygens (including phenoxy) is 3. The monoisotopic (exact) mass is 452 g/mol. The lowest BCUT2D eigenvalue weighted by Gasteiger charge is -2.24. The fourth-order valence-corrected chi connectivity index (χ4v) is 2.15. The third-order valence-corrected chi connectivity index (χ3v) is 3.46. The minimum Gasteiger partial charge on any atom is -0.493 e. The van der Waals surface area contributed by atoms with Crippen molar-refractivity contribution in [3.05, 3.63) is 23.8 Å². The second-order valence-corrected chi connectivity index (χ2v) is 5.24. The van der Waals surface area contributed by atoms with Crippen LogP contribution in [0.3, 0.4) is 0 Å². The number of halogens is 1. The Balaban J connectivity index is 0.00000529. The molecule has 8 heteroatoms. The maximum atomic E-state index is 5.86. The van der Waals surface area contributed by atoms with Crippen molar-refractivity contribution < 1.29 is 14.2 Å². The second kappa shape index (κ2) is 12.2. The Morgan fingerprint density at radius 3 is 2.42 bits per heavy atom. The summed E-state index contributed by atoms with van der Waals surface area (Å²) in [6.07, 6.45) is 0. The number of hydrogen-bond acceptors (Lipinski definition) is 5. The maximum Gasteiger partial charge on any atom is 0.188 e. The Hall–Kier alpha value is -1.26. The third-order valence-electron chi connectivity index (χ3n) is 3.46. The topological polar surface area (TPSA) is 81.3 Å². The molecule has 0 heterocycles. The molecule has 3 N–H and O–H groups in total. The summed E-state index contributed by atoms with van der Waals surface area (Å²) in [5, 5.41) is 3.01. The highest BCUT2D eigenvalue weighted by Gasteiger charge is 2.16. The van der Waals surface area contributed by atoms with E-state index in [2.05, 4.69) is 15.2 Å². The fraction of sp³-hybridized carbons (Fsp3) is 0.562. The Kier molecular flexibility index (Phi) is 11.5. The van der Waals surface area contributed by atoms with Crippen LogP contribution in [-0.4, -0.2) is 66.0 Å². The van der Waals surface area contributed by atoms with Gasteiger partial charge in [0.05, 0.1) is 33.4 Å². The van der Waals surface area contributed by atoms with E-state index in [0.717, 1.165) is 5.56 Å². The van der Waals surface area contributed by atoms with Gasteiger partial charge in [-0.05, 0) is 31.8 Å². The van der Waals surface area contributed by atoms with Gasteiger partial charge in [-0.2, -0.15) is 0 Å². The maximum absolute atomic E-state index is 5.86.